The highest BCUT2D eigenvalue weighted by Gasteiger charge is 2.28. The first kappa shape index (κ1) is 15.1. The first-order valence-electron chi connectivity index (χ1n) is 7.89. The minimum absolute atomic E-state index is 0.369. The van der Waals surface area contributed by atoms with Crippen LogP contribution in [-0.4, -0.2) is 30.2 Å². The molecule has 2 aromatic carbocycles. The average Bonchev–Trinajstić information content (AvgIpc) is 3.04. The lowest BCUT2D eigenvalue weighted by Crippen LogP contribution is -2.28. The van der Waals surface area contributed by atoms with Crippen molar-refractivity contribution >= 4 is 0 Å². The van der Waals surface area contributed by atoms with Gasteiger partial charge in [-0.3, -0.25) is 4.90 Å². The second kappa shape index (κ2) is 6.95. The highest BCUT2D eigenvalue weighted by molar-refractivity contribution is 5.31. The van der Waals surface area contributed by atoms with E-state index in [1.807, 2.05) is 42.5 Å². The number of methoxy groups -OCH3 is 1. The molecule has 2 unspecified atom stereocenters. The zero-order valence-electron chi connectivity index (χ0n) is 13.0. The van der Waals surface area contributed by atoms with Crippen LogP contribution in [0.2, 0.25) is 0 Å². The van der Waals surface area contributed by atoms with Crippen LogP contribution < -0.4 is 4.74 Å². The van der Waals surface area contributed by atoms with Crippen LogP contribution in [0.15, 0.2) is 54.6 Å². The molecule has 0 amide bonds. The van der Waals surface area contributed by atoms with Crippen molar-refractivity contribution in [1.82, 2.24) is 4.90 Å². The van der Waals surface area contributed by atoms with Gasteiger partial charge in [0.15, 0.2) is 0 Å². The lowest BCUT2D eigenvalue weighted by molar-refractivity contribution is 0.106. The smallest absolute Gasteiger partial charge is 0.119 e. The van der Waals surface area contributed by atoms with E-state index in [9.17, 15) is 5.11 Å². The maximum absolute atomic E-state index is 10.5. The van der Waals surface area contributed by atoms with E-state index in [4.69, 9.17) is 4.74 Å². The molecule has 0 aromatic heterocycles. The van der Waals surface area contributed by atoms with Crippen LogP contribution in [0.4, 0.5) is 0 Å². The molecule has 0 spiro atoms. The van der Waals surface area contributed by atoms with Gasteiger partial charge in [-0.05, 0) is 42.6 Å². The molecule has 0 radical (unpaired) electrons. The molecule has 1 aliphatic rings. The molecular formula is C19H23NO2. The van der Waals surface area contributed by atoms with Crippen molar-refractivity contribution in [2.75, 3.05) is 20.2 Å². The molecule has 1 aliphatic heterocycles. The van der Waals surface area contributed by atoms with E-state index in [1.165, 1.54) is 12.0 Å². The second-order valence-electron chi connectivity index (χ2n) is 5.86. The number of rotatable bonds is 5. The van der Waals surface area contributed by atoms with E-state index < -0.39 is 6.10 Å². The fourth-order valence-electron chi connectivity index (χ4n) is 3.27. The van der Waals surface area contributed by atoms with Gasteiger partial charge < -0.3 is 9.84 Å². The summed E-state index contributed by atoms with van der Waals surface area (Å²) in [6.07, 6.45) is 1.87. The predicted octanol–water partition coefficient (Wildman–Crippen LogP) is 3.57. The van der Waals surface area contributed by atoms with Crippen LogP contribution in [0.5, 0.6) is 5.75 Å². The standard InChI is InChI=1S/C19H23NO2/c1-22-17-10-5-9-16(13-17)18-11-6-12-20(18)14-19(21)15-7-3-2-4-8-15/h2-5,7-10,13,18-19,21H,6,11-12,14H2,1H3. The number of aliphatic hydroxyl groups is 1. The van der Waals surface area contributed by atoms with E-state index in [1.54, 1.807) is 7.11 Å². The minimum atomic E-state index is -0.438. The van der Waals surface area contributed by atoms with Crippen LogP contribution in [0, 0.1) is 0 Å². The van der Waals surface area contributed by atoms with Gasteiger partial charge in [-0.15, -0.1) is 0 Å². The summed E-state index contributed by atoms with van der Waals surface area (Å²) in [5.41, 5.74) is 2.26. The van der Waals surface area contributed by atoms with E-state index in [0.717, 1.165) is 24.3 Å². The number of ether oxygens (including phenoxy) is 1. The number of β-amino-alcohol motifs (C(OH)–C–C–N with tert-alkyl or cyclic N) is 1. The molecule has 116 valence electrons. The van der Waals surface area contributed by atoms with Gasteiger partial charge >= 0.3 is 0 Å². The van der Waals surface area contributed by atoms with Crippen LogP contribution in [0.3, 0.4) is 0 Å². The van der Waals surface area contributed by atoms with Crippen molar-refractivity contribution in [2.24, 2.45) is 0 Å². The maximum Gasteiger partial charge on any atom is 0.119 e. The molecule has 2 atom stereocenters. The lowest BCUT2D eigenvalue weighted by atomic mass is 10.0. The Morgan fingerprint density at radius 3 is 2.77 bits per heavy atom. The first-order chi connectivity index (χ1) is 10.8. The summed E-state index contributed by atoms with van der Waals surface area (Å²) in [7, 11) is 1.70. The van der Waals surface area contributed by atoms with Crippen molar-refractivity contribution < 1.29 is 9.84 Å². The van der Waals surface area contributed by atoms with Crippen molar-refractivity contribution in [1.29, 1.82) is 0 Å². The minimum Gasteiger partial charge on any atom is -0.497 e. The third kappa shape index (κ3) is 3.32. The van der Waals surface area contributed by atoms with E-state index >= 15 is 0 Å². The van der Waals surface area contributed by atoms with Crippen LogP contribution >= 0.6 is 0 Å². The number of nitrogens with zero attached hydrogens (tertiary/aromatic N) is 1. The van der Waals surface area contributed by atoms with Gasteiger partial charge in [-0.25, -0.2) is 0 Å². The van der Waals surface area contributed by atoms with Crippen molar-refractivity contribution in [3.05, 3.63) is 65.7 Å². The van der Waals surface area contributed by atoms with Gasteiger partial charge in [-0.2, -0.15) is 0 Å². The van der Waals surface area contributed by atoms with Crippen molar-refractivity contribution in [2.45, 2.75) is 25.0 Å². The summed E-state index contributed by atoms with van der Waals surface area (Å²) >= 11 is 0. The highest BCUT2D eigenvalue weighted by Crippen LogP contribution is 2.34. The number of hydrogen-bond donors (Lipinski definition) is 1. The quantitative estimate of drug-likeness (QED) is 0.916. The summed E-state index contributed by atoms with van der Waals surface area (Å²) < 4.78 is 5.33. The predicted molar refractivity (Wildman–Crippen MR) is 87.9 cm³/mol. The molecule has 2 aromatic rings. The maximum atomic E-state index is 10.5. The van der Waals surface area contributed by atoms with E-state index in [-0.39, 0.29) is 0 Å². The van der Waals surface area contributed by atoms with Gasteiger partial charge in [0, 0.05) is 12.6 Å². The molecule has 0 bridgehead atoms. The number of likely N-dealkylation sites (tertiary alicyclic amines) is 1. The molecule has 3 nitrogen and oxygen atoms in total. The molecule has 0 aliphatic carbocycles. The summed E-state index contributed by atoms with van der Waals surface area (Å²) in [6, 6.07) is 18.5. The largest absolute Gasteiger partial charge is 0.497 e. The lowest BCUT2D eigenvalue weighted by Gasteiger charge is -2.27. The van der Waals surface area contributed by atoms with Gasteiger partial charge in [-0.1, -0.05) is 42.5 Å². The molecule has 3 heteroatoms. The highest BCUT2D eigenvalue weighted by atomic mass is 16.5. The fourth-order valence-corrected chi connectivity index (χ4v) is 3.27. The topological polar surface area (TPSA) is 32.7 Å². The molecular weight excluding hydrogens is 274 g/mol. The van der Waals surface area contributed by atoms with Crippen LogP contribution in [0.25, 0.3) is 0 Å². The fraction of sp³-hybridized carbons (Fsp3) is 0.368. The van der Waals surface area contributed by atoms with Gasteiger partial charge in [0.25, 0.3) is 0 Å². The molecule has 1 saturated heterocycles. The Morgan fingerprint density at radius 1 is 1.18 bits per heavy atom. The monoisotopic (exact) mass is 297 g/mol. The molecule has 1 fully saturated rings. The van der Waals surface area contributed by atoms with Gasteiger partial charge in [0.2, 0.25) is 0 Å². The van der Waals surface area contributed by atoms with Crippen molar-refractivity contribution in [3.8, 4) is 5.75 Å². The number of benzene rings is 2. The summed E-state index contributed by atoms with van der Waals surface area (Å²) in [5.74, 6) is 0.896. The molecule has 3 rings (SSSR count). The summed E-state index contributed by atoms with van der Waals surface area (Å²) in [4.78, 5) is 2.38. The Labute approximate surface area is 132 Å². The Balaban J connectivity index is 1.73. The van der Waals surface area contributed by atoms with E-state index in [2.05, 4.69) is 17.0 Å². The third-order valence-electron chi connectivity index (χ3n) is 4.43. The summed E-state index contributed by atoms with van der Waals surface area (Å²) in [5, 5.41) is 10.5. The Kier molecular flexibility index (Phi) is 4.76. The Morgan fingerprint density at radius 2 is 2.00 bits per heavy atom. The Bertz CT molecular complexity index is 599. The zero-order valence-corrected chi connectivity index (χ0v) is 13.0. The second-order valence-corrected chi connectivity index (χ2v) is 5.86. The van der Waals surface area contributed by atoms with Gasteiger partial charge in [0.05, 0.1) is 13.2 Å². The van der Waals surface area contributed by atoms with Crippen LogP contribution in [-0.2, 0) is 0 Å². The zero-order chi connectivity index (χ0) is 15.4. The number of hydrogen-bond acceptors (Lipinski definition) is 3. The molecule has 22 heavy (non-hydrogen) atoms. The number of aliphatic hydroxyl groups excluding tert-OH is 1. The molecule has 0 saturated carbocycles. The Hall–Kier alpha value is -1.84. The van der Waals surface area contributed by atoms with E-state index in [0.29, 0.717) is 12.6 Å². The SMILES string of the molecule is COc1cccc(C2CCCN2CC(O)c2ccccc2)c1. The normalized spacial score (nSPS) is 20.0. The van der Waals surface area contributed by atoms with Crippen molar-refractivity contribution in [3.63, 3.8) is 0 Å². The molecule has 1 heterocycles. The van der Waals surface area contributed by atoms with Gasteiger partial charge in [0.1, 0.15) is 5.75 Å². The molecule has 1 N–H and O–H groups in total. The average molecular weight is 297 g/mol. The third-order valence-corrected chi connectivity index (χ3v) is 4.43. The first-order valence-corrected chi connectivity index (χ1v) is 7.89. The summed E-state index contributed by atoms with van der Waals surface area (Å²) in [6.45, 7) is 1.71. The van der Waals surface area contributed by atoms with Crippen LogP contribution in [0.1, 0.15) is 36.1 Å².